The van der Waals surface area contributed by atoms with E-state index in [4.69, 9.17) is 0 Å². The van der Waals surface area contributed by atoms with Crippen LogP contribution in [0.1, 0.15) is 0 Å². The first-order valence-corrected chi connectivity index (χ1v) is 5.61. The van der Waals surface area contributed by atoms with E-state index in [-0.39, 0.29) is 0 Å². The maximum absolute atomic E-state index is 3.89. The lowest BCUT2D eigenvalue weighted by Crippen LogP contribution is -2.59. The average molecular weight is 203 g/mol. The SMILES string of the molecule is C=CC[N+]1(c2ccccc2)CCNCC1. The summed E-state index contributed by atoms with van der Waals surface area (Å²) in [6, 6.07) is 10.8. The predicted molar refractivity (Wildman–Crippen MR) is 65.9 cm³/mol. The van der Waals surface area contributed by atoms with Crippen LogP contribution in [0.15, 0.2) is 43.0 Å². The molecule has 0 saturated carbocycles. The van der Waals surface area contributed by atoms with Crippen LogP contribution in [-0.4, -0.2) is 32.7 Å². The summed E-state index contributed by atoms with van der Waals surface area (Å²) >= 11 is 0. The van der Waals surface area contributed by atoms with Crippen molar-refractivity contribution < 1.29 is 0 Å². The molecule has 1 aliphatic heterocycles. The van der Waals surface area contributed by atoms with Gasteiger partial charge >= 0.3 is 0 Å². The van der Waals surface area contributed by atoms with Crippen molar-refractivity contribution in [3.63, 3.8) is 0 Å². The third-order valence-corrected chi connectivity index (χ3v) is 3.22. The highest BCUT2D eigenvalue weighted by Gasteiger charge is 2.30. The highest BCUT2D eigenvalue weighted by atomic mass is 15.4. The molecule has 2 nitrogen and oxygen atoms in total. The van der Waals surface area contributed by atoms with Gasteiger partial charge in [0.2, 0.25) is 0 Å². The Hall–Kier alpha value is -1.12. The molecule has 15 heavy (non-hydrogen) atoms. The van der Waals surface area contributed by atoms with Crippen molar-refractivity contribution in [1.82, 2.24) is 9.80 Å². The van der Waals surface area contributed by atoms with E-state index in [1.807, 2.05) is 6.08 Å². The van der Waals surface area contributed by atoms with E-state index in [0.29, 0.717) is 0 Å². The van der Waals surface area contributed by atoms with Gasteiger partial charge in [0.05, 0.1) is 13.1 Å². The van der Waals surface area contributed by atoms with Crippen molar-refractivity contribution in [1.29, 1.82) is 0 Å². The Morgan fingerprint density at radius 2 is 1.87 bits per heavy atom. The van der Waals surface area contributed by atoms with Crippen molar-refractivity contribution >= 4 is 5.69 Å². The molecule has 0 unspecified atom stereocenters. The molecular formula is C13H19N2+. The van der Waals surface area contributed by atoms with Crippen LogP contribution in [0, 0.1) is 0 Å². The van der Waals surface area contributed by atoms with Crippen LogP contribution in [-0.2, 0) is 0 Å². The van der Waals surface area contributed by atoms with Crippen LogP contribution in [0.2, 0.25) is 0 Å². The highest BCUT2D eigenvalue weighted by molar-refractivity contribution is 5.43. The zero-order valence-corrected chi connectivity index (χ0v) is 9.15. The lowest BCUT2D eigenvalue weighted by atomic mass is 10.2. The van der Waals surface area contributed by atoms with Crippen molar-refractivity contribution in [2.24, 2.45) is 0 Å². The summed E-state index contributed by atoms with van der Waals surface area (Å²) in [5, 5.41) is 3.42. The minimum atomic E-state index is 1.03. The Bertz CT molecular complexity index is 313. The predicted octanol–water partition coefficient (Wildman–Crippen LogP) is 1.78. The van der Waals surface area contributed by atoms with Gasteiger partial charge in [-0.05, 0) is 18.2 Å². The smallest absolute Gasteiger partial charge is 0.133 e. The van der Waals surface area contributed by atoms with Gasteiger partial charge in [-0.25, -0.2) is 0 Å². The molecule has 1 N–H and O–H groups in total. The Kier molecular flexibility index (Phi) is 3.19. The van der Waals surface area contributed by atoms with Gasteiger partial charge in [0, 0.05) is 13.1 Å². The van der Waals surface area contributed by atoms with Gasteiger partial charge < -0.3 is 5.32 Å². The Morgan fingerprint density at radius 1 is 1.20 bits per heavy atom. The molecule has 1 heterocycles. The monoisotopic (exact) mass is 203 g/mol. The van der Waals surface area contributed by atoms with E-state index in [1.54, 1.807) is 0 Å². The fourth-order valence-electron chi connectivity index (χ4n) is 2.36. The summed E-state index contributed by atoms with van der Waals surface area (Å²) in [6.07, 6.45) is 2.04. The average Bonchev–Trinajstić information content (AvgIpc) is 2.32. The maximum atomic E-state index is 3.89. The molecule has 0 bridgehead atoms. The van der Waals surface area contributed by atoms with E-state index in [9.17, 15) is 0 Å². The van der Waals surface area contributed by atoms with Crippen molar-refractivity contribution in [2.75, 3.05) is 32.7 Å². The number of para-hydroxylation sites is 1. The minimum Gasteiger partial charge on any atom is -0.306 e. The van der Waals surface area contributed by atoms with E-state index >= 15 is 0 Å². The molecule has 2 heteroatoms. The molecular weight excluding hydrogens is 184 g/mol. The number of piperazine rings is 1. The molecule has 1 fully saturated rings. The highest BCUT2D eigenvalue weighted by Crippen LogP contribution is 2.23. The van der Waals surface area contributed by atoms with Crippen LogP contribution in [0.5, 0.6) is 0 Å². The fourth-order valence-corrected chi connectivity index (χ4v) is 2.36. The molecule has 1 aromatic carbocycles. The second-order valence-electron chi connectivity index (χ2n) is 4.15. The Morgan fingerprint density at radius 3 is 2.47 bits per heavy atom. The first kappa shape index (κ1) is 10.4. The van der Waals surface area contributed by atoms with E-state index in [0.717, 1.165) is 37.2 Å². The lowest BCUT2D eigenvalue weighted by Gasteiger charge is -2.40. The molecule has 0 atom stereocenters. The third kappa shape index (κ3) is 2.11. The number of hydrogen-bond acceptors (Lipinski definition) is 1. The number of quaternary nitrogens is 1. The summed E-state index contributed by atoms with van der Waals surface area (Å²) in [5.41, 5.74) is 1.42. The first-order chi connectivity index (χ1) is 7.37. The van der Waals surface area contributed by atoms with E-state index in [2.05, 4.69) is 42.2 Å². The Labute approximate surface area is 91.8 Å². The van der Waals surface area contributed by atoms with E-state index < -0.39 is 0 Å². The molecule has 0 aliphatic carbocycles. The van der Waals surface area contributed by atoms with Gasteiger partial charge in [0.1, 0.15) is 12.2 Å². The number of benzene rings is 1. The molecule has 0 aromatic heterocycles. The van der Waals surface area contributed by atoms with Crippen LogP contribution < -0.4 is 9.80 Å². The van der Waals surface area contributed by atoms with Crippen molar-refractivity contribution in [2.45, 2.75) is 0 Å². The lowest BCUT2D eigenvalue weighted by molar-refractivity contribution is 0.263. The maximum Gasteiger partial charge on any atom is 0.133 e. The normalized spacial score (nSPS) is 19.7. The van der Waals surface area contributed by atoms with Gasteiger partial charge in [-0.3, -0.25) is 4.48 Å². The summed E-state index contributed by atoms with van der Waals surface area (Å²) < 4.78 is 1.05. The number of nitrogens with one attached hydrogen (secondary N) is 1. The standard InChI is InChI=1S/C13H19N2/c1-2-10-15(11-8-14-9-12-15)13-6-4-3-5-7-13/h2-7,14H,1,8-12H2/q+1. The van der Waals surface area contributed by atoms with Crippen LogP contribution in [0.4, 0.5) is 5.69 Å². The van der Waals surface area contributed by atoms with Gasteiger partial charge in [-0.15, -0.1) is 0 Å². The molecule has 0 radical (unpaired) electrons. The summed E-state index contributed by atoms with van der Waals surface area (Å²) in [4.78, 5) is 0. The molecule has 1 saturated heterocycles. The van der Waals surface area contributed by atoms with Gasteiger partial charge in [-0.2, -0.15) is 0 Å². The molecule has 1 aliphatic rings. The van der Waals surface area contributed by atoms with Crippen molar-refractivity contribution in [3.05, 3.63) is 43.0 Å². The zero-order valence-electron chi connectivity index (χ0n) is 9.15. The molecule has 1 aromatic rings. The zero-order chi connectivity index (χ0) is 10.6. The first-order valence-electron chi connectivity index (χ1n) is 5.61. The van der Waals surface area contributed by atoms with Crippen molar-refractivity contribution in [3.8, 4) is 0 Å². The fraction of sp³-hybridized carbons (Fsp3) is 0.385. The minimum absolute atomic E-state index is 1.03. The second kappa shape index (κ2) is 4.60. The summed E-state index contributed by atoms with van der Waals surface area (Å²) in [7, 11) is 0. The van der Waals surface area contributed by atoms with Crippen LogP contribution in [0.25, 0.3) is 0 Å². The van der Waals surface area contributed by atoms with Crippen LogP contribution in [0.3, 0.4) is 0 Å². The topological polar surface area (TPSA) is 12.0 Å². The van der Waals surface area contributed by atoms with E-state index in [1.165, 1.54) is 5.69 Å². The molecule has 2 rings (SSSR count). The van der Waals surface area contributed by atoms with Gasteiger partial charge in [0.15, 0.2) is 0 Å². The molecule has 80 valence electrons. The Balaban J connectivity index is 2.29. The molecule has 0 amide bonds. The van der Waals surface area contributed by atoms with Crippen LogP contribution >= 0.6 is 0 Å². The van der Waals surface area contributed by atoms with Gasteiger partial charge in [-0.1, -0.05) is 24.8 Å². The number of rotatable bonds is 3. The van der Waals surface area contributed by atoms with Gasteiger partial charge in [0.25, 0.3) is 0 Å². The number of nitrogens with zero attached hydrogens (tertiary/aromatic N) is 1. The largest absolute Gasteiger partial charge is 0.306 e. The molecule has 0 spiro atoms. The summed E-state index contributed by atoms with van der Waals surface area (Å²) in [5.74, 6) is 0. The quantitative estimate of drug-likeness (QED) is 0.583. The number of hydrogen-bond donors (Lipinski definition) is 1. The second-order valence-corrected chi connectivity index (χ2v) is 4.15. The third-order valence-electron chi connectivity index (χ3n) is 3.22. The summed E-state index contributed by atoms with van der Waals surface area (Å²) in [6.45, 7) is 9.45.